The molecule has 0 atom stereocenters. The molecule has 1 aliphatic carbocycles. The van der Waals surface area contributed by atoms with Crippen molar-refractivity contribution in [2.75, 3.05) is 44.9 Å². The van der Waals surface area contributed by atoms with E-state index in [4.69, 9.17) is 15.2 Å². The second kappa shape index (κ2) is 5.64. The molecule has 21 heavy (non-hydrogen) atoms. The number of nitrogen functional groups attached to an aromatic ring is 1. The fraction of sp³-hybridized carbons (Fsp3) is 0.625. The highest BCUT2D eigenvalue weighted by Crippen LogP contribution is 2.38. The van der Waals surface area contributed by atoms with Crippen LogP contribution in [-0.4, -0.2) is 44.3 Å². The van der Waals surface area contributed by atoms with Crippen LogP contribution in [0.4, 0.5) is 11.4 Å². The van der Waals surface area contributed by atoms with Crippen molar-refractivity contribution < 1.29 is 9.47 Å². The largest absolute Gasteiger partial charge is 0.486 e. The van der Waals surface area contributed by atoms with E-state index in [9.17, 15) is 0 Å². The molecule has 0 unspecified atom stereocenters. The number of likely N-dealkylation sites (N-methyl/N-ethyl adjacent to an activating group) is 1. The van der Waals surface area contributed by atoms with Gasteiger partial charge in [0.15, 0.2) is 11.5 Å². The summed E-state index contributed by atoms with van der Waals surface area (Å²) in [4.78, 5) is 2.35. The Morgan fingerprint density at radius 3 is 2.38 bits per heavy atom. The molecule has 0 spiro atoms. The molecule has 0 radical (unpaired) electrons. The topological polar surface area (TPSA) is 59.8 Å². The van der Waals surface area contributed by atoms with Crippen molar-refractivity contribution in [1.82, 2.24) is 4.90 Å². The zero-order valence-corrected chi connectivity index (χ0v) is 12.9. The van der Waals surface area contributed by atoms with Crippen molar-refractivity contribution in [3.8, 4) is 11.5 Å². The molecule has 3 rings (SSSR count). The van der Waals surface area contributed by atoms with Gasteiger partial charge in [-0.25, -0.2) is 0 Å². The Morgan fingerprint density at radius 1 is 1.14 bits per heavy atom. The van der Waals surface area contributed by atoms with Gasteiger partial charge in [-0.05, 0) is 26.9 Å². The number of nitrogens with two attached hydrogens (primary N) is 1. The first-order valence-corrected chi connectivity index (χ1v) is 7.71. The molecule has 5 nitrogen and oxygen atoms in total. The Kier molecular flexibility index (Phi) is 3.85. The number of rotatable bonds is 4. The average molecular weight is 291 g/mol. The minimum absolute atomic E-state index is 0.236. The normalized spacial score (nSPS) is 19.8. The summed E-state index contributed by atoms with van der Waals surface area (Å²) in [6, 6.07) is 3.82. The SMILES string of the molecule is CN(C)C1(CNc2cc3c(cc2N)OCCO3)CCCC1. The van der Waals surface area contributed by atoms with Crippen LogP contribution in [0.3, 0.4) is 0 Å². The summed E-state index contributed by atoms with van der Waals surface area (Å²) in [5, 5.41) is 3.52. The third kappa shape index (κ3) is 2.75. The lowest BCUT2D eigenvalue weighted by atomic mass is 9.96. The quantitative estimate of drug-likeness (QED) is 0.834. The van der Waals surface area contributed by atoms with E-state index < -0.39 is 0 Å². The first-order valence-electron chi connectivity index (χ1n) is 7.71. The molecule has 1 fully saturated rings. The van der Waals surface area contributed by atoms with E-state index in [0.717, 1.165) is 23.7 Å². The van der Waals surface area contributed by atoms with Gasteiger partial charge in [0.25, 0.3) is 0 Å². The fourth-order valence-corrected chi connectivity index (χ4v) is 3.33. The number of nitrogens with zero attached hydrogens (tertiary/aromatic N) is 1. The Hall–Kier alpha value is -1.62. The van der Waals surface area contributed by atoms with Crippen LogP contribution in [0.15, 0.2) is 12.1 Å². The molecule has 1 aromatic rings. The number of benzene rings is 1. The van der Waals surface area contributed by atoms with Crippen LogP contribution < -0.4 is 20.5 Å². The van der Waals surface area contributed by atoms with E-state index in [2.05, 4.69) is 24.3 Å². The molecule has 0 bridgehead atoms. The second-order valence-electron chi connectivity index (χ2n) is 6.26. The molecule has 3 N–H and O–H groups in total. The number of anilines is 2. The van der Waals surface area contributed by atoms with E-state index in [-0.39, 0.29) is 5.54 Å². The van der Waals surface area contributed by atoms with Gasteiger partial charge >= 0.3 is 0 Å². The van der Waals surface area contributed by atoms with Crippen molar-refractivity contribution in [2.24, 2.45) is 0 Å². The Balaban J connectivity index is 1.75. The van der Waals surface area contributed by atoms with Crippen LogP contribution in [0, 0.1) is 0 Å². The minimum Gasteiger partial charge on any atom is -0.486 e. The molecule has 0 aromatic heterocycles. The van der Waals surface area contributed by atoms with Crippen molar-refractivity contribution in [2.45, 2.75) is 31.2 Å². The first-order chi connectivity index (χ1) is 10.1. The molecule has 116 valence electrons. The van der Waals surface area contributed by atoms with Gasteiger partial charge in [0.1, 0.15) is 13.2 Å². The summed E-state index contributed by atoms with van der Waals surface area (Å²) >= 11 is 0. The van der Waals surface area contributed by atoms with Gasteiger partial charge in [-0.3, -0.25) is 0 Å². The highest BCUT2D eigenvalue weighted by Gasteiger charge is 2.35. The first kappa shape index (κ1) is 14.3. The van der Waals surface area contributed by atoms with Crippen LogP contribution in [-0.2, 0) is 0 Å². The summed E-state index contributed by atoms with van der Waals surface area (Å²) in [7, 11) is 4.33. The van der Waals surface area contributed by atoms with Crippen LogP contribution in [0.25, 0.3) is 0 Å². The van der Waals surface area contributed by atoms with Gasteiger partial charge in [0.2, 0.25) is 0 Å². The van der Waals surface area contributed by atoms with Crippen LogP contribution in [0.1, 0.15) is 25.7 Å². The Bertz CT molecular complexity index is 510. The molecular formula is C16H25N3O2. The smallest absolute Gasteiger partial charge is 0.163 e. The highest BCUT2D eigenvalue weighted by atomic mass is 16.6. The van der Waals surface area contributed by atoms with Crippen molar-refractivity contribution in [3.63, 3.8) is 0 Å². The van der Waals surface area contributed by atoms with E-state index in [1.807, 2.05) is 12.1 Å². The monoisotopic (exact) mass is 291 g/mol. The number of hydrogen-bond donors (Lipinski definition) is 2. The van der Waals surface area contributed by atoms with Gasteiger partial charge in [0, 0.05) is 24.2 Å². The number of hydrogen-bond acceptors (Lipinski definition) is 5. The van der Waals surface area contributed by atoms with Crippen LogP contribution in [0.5, 0.6) is 11.5 Å². The summed E-state index contributed by atoms with van der Waals surface area (Å²) in [6.07, 6.45) is 5.07. The maximum Gasteiger partial charge on any atom is 0.163 e. The van der Waals surface area contributed by atoms with Crippen LogP contribution in [0.2, 0.25) is 0 Å². The maximum absolute atomic E-state index is 6.14. The number of nitrogens with one attached hydrogen (secondary N) is 1. The summed E-state index contributed by atoms with van der Waals surface area (Å²) < 4.78 is 11.2. The molecular weight excluding hydrogens is 266 g/mol. The molecule has 1 saturated carbocycles. The van der Waals surface area contributed by atoms with Crippen molar-refractivity contribution in [1.29, 1.82) is 0 Å². The minimum atomic E-state index is 0.236. The summed E-state index contributed by atoms with van der Waals surface area (Å²) in [6.45, 7) is 2.09. The highest BCUT2D eigenvalue weighted by molar-refractivity contribution is 5.72. The van der Waals surface area contributed by atoms with E-state index in [1.165, 1.54) is 25.7 Å². The van der Waals surface area contributed by atoms with Gasteiger partial charge in [-0.15, -0.1) is 0 Å². The van der Waals surface area contributed by atoms with Gasteiger partial charge in [-0.1, -0.05) is 12.8 Å². The Morgan fingerprint density at radius 2 is 1.76 bits per heavy atom. The molecule has 5 heteroatoms. The molecule has 0 saturated heterocycles. The fourth-order valence-electron chi connectivity index (χ4n) is 3.33. The third-order valence-corrected chi connectivity index (χ3v) is 4.81. The van der Waals surface area contributed by atoms with Crippen molar-refractivity contribution >= 4 is 11.4 Å². The number of ether oxygens (including phenoxy) is 2. The Labute approximate surface area is 126 Å². The third-order valence-electron chi connectivity index (χ3n) is 4.81. The lowest BCUT2D eigenvalue weighted by Gasteiger charge is -2.37. The van der Waals surface area contributed by atoms with E-state index in [1.54, 1.807) is 0 Å². The molecule has 1 aromatic carbocycles. The van der Waals surface area contributed by atoms with Crippen molar-refractivity contribution in [3.05, 3.63) is 12.1 Å². The molecule has 1 aliphatic heterocycles. The zero-order valence-electron chi connectivity index (χ0n) is 12.9. The summed E-state index contributed by atoms with van der Waals surface area (Å²) in [5.41, 5.74) is 8.02. The van der Waals surface area contributed by atoms with Gasteiger partial charge < -0.3 is 25.4 Å². The average Bonchev–Trinajstić information content (AvgIpc) is 2.95. The van der Waals surface area contributed by atoms with Gasteiger partial charge in [-0.2, -0.15) is 0 Å². The molecule has 1 heterocycles. The lowest BCUT2D eigenvalue weighted by Crippen LogP contribution is -2.47. The molecule has 0 amide bonds. The zero-order chi connectivity index (χ0) is 14.9. The predicted molar refractivity (Wildman–Crippen MR) is 85.2 cm³/mol. The van der Waals surface area contributed by atoms with E-state index >= 15 is 0 Å². The summed E-state index contributed by atoms with van der Waals surface area (Å²) in [5.74, 6) is 1.52. The predicted octanol–water partition coefficient (Wildman–Crippen LogP) is 2.33. The van der Waals surface area contributed by atoms with Crippen LogP contribution >= 0.6 is 0 Å². The number of fused-ring (bicyclic) bond motifs is 1. The van der Waals surface area contributed by atoms with Gasteiger partial charge in [0.05, 0.1) is 11.4 Å². The molecule has 2 aliphatic rings. The maximum atomic E-state index is 6.14. The second-order valence-corrected chi connectivity index (χ2v) is 6.26. The lowest BCUT2D eigenvalue weighted by molar-refractivity contribution is 0.170. The standard InChI is InChI=1S/C16H25N3O2/c1-19(2)16(5-3-4-6-16)11-18-13-10-15-14(9-12(13)17)20-7-8-21-15/h9-10,18H,3-8,11,17H2,1-2H3. The van der Waals surface area contributed by atoms with E-state index in [0.29, 0.717) is 18.9 Å².